The van der Waals surface area contributed by atoms with Crippen molar-refractivity contribution >= 4 is 22.7 Å². The first-order valence-corrected chi connectivity index (χ1v) is 12.1. The maximum atomic E-state index is 15.0. The Kier molecular flexibility index (Phi) is 6.25. The summed E-state index contributed by atoms with van der Waals surface area (Å²) < 4.78 is 17.0. The predicted octanol–water partition coefficient (Wildman–Crippen LogP) is 5.00. The number of pyridine rings is 2. The van der Waals surface area contributed by atoms with Crippen molar-refractivity contribution in [1.29, 1.82) is 0 Å². The minimum atomic E-state index is -0.340. The number of anilines is 2. The second kappa shape index (κ2) is 9.36. The molecule has 35 heavy (non-hydrogen) atoms. The van der Waals surface area contributed by atoms with Crippen LogP contribution in [0.5, 0.6) is 0 Å². The summed E-state index contributed by atoms with van der Waals surface area (Å²) in [6.07, 6.45) is 2.22. The molecule has 1 aliphatic rings. The van der Waals surface area contributed by atoms with Crippen LogP contribution in [0.4, 0.5) is 16.0 Å². The maximum absolute atomic E-state index is 15.0. The molecule has 1 unspecified atom stereocenters. The van der Waals surface area contributed by atoms with Gasteiger partial charge in [-0.2, -0.15) is 0 Å². The van der Waals surface area contributed by atoms with E-state index in [1.807, 2.05) is 38.1 Å². The summed E-state index contributed by atoms with van der Waals surface area (Å²) in [5, 5.41) is 13.0. The maximum Gasteiger partial charge on any atom is 0.151 e. The van der Waals surface area contributed by atoms with Gasteiger partial charge in [0.05, 0.1) is 11.6 Å². The van der Waals surface area contributed by atoms with Crippen molar-refractivity contribution in [3.63, 3.8) is 0 Å². The molecule has 1 aromatic carbocycles. The zero-order valence-electron chi connectivity index (χ0n) is 20.6. The first-order valence-electron chi connectivity index (χ1n) is 12.1. The molecule has 7 nitrogen and oxygen atoms in total. The molecule has 0 radical (unpaired) electrons. The van der Waals surface area contributed by atoms with Crippen molar-refractivity contribution in [3.05, 3.63) is 65.5 Å². The molecule has 0 saturated carbocycles. The Bertz CT molecular complexity index is 1380. The standard InChI is InChI=1S/C27H31FN6O/c1-16(2)34-18(4)30-27-22(28)11-21(12-24(27)34)19-7-9-29-26(13-19)32-25-6-5-20-15-33(14-17(3)35)10-8-23(20)31-25/h5-7,9,11-13,16-17,35H,8,10,14-15H2,1-4H3,(H,29,31,32). The molecule has 3 aromatic heterocycles. The number of aromatic nitrogens is 4. The number of halogens is 1. The van der Waals surface area contributed by atoms with E-state index < -0.39 is 0 Å². The number of aliphatic hydroxyl groups is 1. The Labute approximate surface area is 204 Å². The Morgan fingerprint density at radius 2 is 1.89 bits per heavy atom. The van der Waals surface area contributed by atoms with Crippen LogP contribution in [0.3, 0.4) is 0 Å². The van der Waals surface area contributed by atoms with E-state index in [9.17, 15) is 9.50 Å². The highest BCUT2D eigenvalue weighted by atomic mass is 19.1. The molecule has 0 bridgehead atoms. The highest BCUT2D eigenvalue weighted by Gasteiger charge is 2.19. The minimum Gasteiger partial charge on any atom is -0.392 e. The normalized spacial score (nSPS) is 14.9. The molecule has 1 atom stereocenters. The lowest BCUT2D eigenvalue weighted by atomic mass is 10.0. The minimum absolute atomic E-state index is 0.179. The summed E-state index contributed by atoms with van der Waals surface area (Å²) in [6, 6.07) is 11.5. The highest BCUT2D eigenvalue weighted by molar-refractivity contribution is 5.84. The summed E-state index contributed by atoms with van der Waals surface area (Å²) >= 11 is 0. The number of β-amino-alcohol motifs (C(OH)–C–C–N with tert-alkyl or cyclic N) is 1. The number of aryl methyl sites for hydroxylation is 1. The molecule has 0 spiro atoms. The predicted molar refractivity (Wildman–Crippen MR) is 136 cm³/mol. The summed E-state index contributed by atoms with van der Waals surface area (Å²) in [7, 11) is 0. The van der Waals surface area contributed by atoms with Crippen LogP contribution in [-0.4, -0.2) is 48.7 Å². The van der Waals surface area contributed by atoms with Gasteiger partial charge in [-0.25, -0.2) is 19.3 Å². The summed E-state index contributed by atoms with van der Waals surface area (Å²) in [4.78, 5) is 15.9. The van der Waals surface area contributed by atoms with E-state index in [1.165, 1.54) is 11.6 Å². The first-order chi connectivity index (χ1) is 16.8. The van der Waals surface area contributed by atoms with Gasteiger partial charge < -0.3 is 15.0 Å². The molecule has 1 aliphatic heterocycles. The van der Waals surface area contributed by atoms with Gasteiger partial charge in [-0.3, -0.25) is 4.90 Å². The van der Waals surface area contributed by atoms with E-state index in [0.717, 1.165) is 53.5 Å². The third kappa shape index (κ3) is 4.76. The number of imidazole rings is 1. The van der Waals surface area contributed by atoms with Crippen LogP contribution in [0, 0.1) is 12.7 Å². The van der Waals surface area contributed by atoms with Crippen molar-refractivity contribution in [1.82, 2.24) is 24.4 Å². The molecule has 5 rings (SSSR count). The number of hydrogen-bond donors (Lipinski definition) is 2. The van der Waals surface area contributed by atoms with Crippen LogP contribution >= 0.6 is 0 Å². The van der Waals surface area contributed by atoms with E-state index >= 15 is 0 Å². The molecular formula is C27H31FN6O. The molecule has 0 saturated heterocycles. The first kappa shape index (κ1) is 23.4. The fourth-order valence-electron chi connectivity index (χ4n) is 4.97. The lowest BCUT2D eigenvalue weighted by molar-refractivity contribution is 0.118. The van der Waals surface area contributed by atoms with Gasteiger partial charge in [-0.15, -0.1) is 0 Å². The molecule has 4 aromatic rings. The van der Waals surface area contributed by atoms with Crippen molar-refractivity contribution in [3.8, 4) is 11.1 Å². The largest absolute Gasteiger partial charge is 0.392 e. The van der Waals surface area contributed by atoms with E-state index in [2.05, 4.69) is 44.7 Å². The lowest BCUT2D eigenvalue weighted by Crippen LogP contribution is -2.36. The van der Waals surface area contributed by atoms with Crippen LogP contribution < -0.4 is 5.32 Å². The summed E-state index contributed by atoms with van der Waals surface area (Å²) in [5.74, 6) is 1.85. The van der Waals surface area contributed by atoms with Gasteiger partial charge in [-0.05, 0) is 74.7 Å². The molecule has 182 valence electrons. The topological polar surface area (TPSA) is 79.1 Å². The van der Waals surface area contributed by atoms with Gasteiger partial charge in [0.15, 0.2) is 5.82 Å². The number of fused-ring (bicyclic) bond motifs is 2. The monoisotopic (exact) mass is 474 g/mol. The number of hydrogen-bond acceptors (Lipinski definition) is 6. The van der Waals surface area contributed by atoms with Gasteiger partial charge in [0.2, 0.25) is 0 Å². The zero-order chi connectivity index (χ0) is 24.7. The number of benzene rings is 1. The molecule has 4 heterocycles. The Morgan fingerprint density at radius 3 is 2.66 bits per heavy atom. The Morgan fingerprint density at radius 1 is 1.06 bits per heavy atom. The molecule has 8 heteroatoms. The smallest absolute Gasteiger partial charge is 0.151 e. The van der Waals surface area contributed by atoms with Gasteiger partial charge in [-0.1, -0.05) is 6.07 Å². The molecule has 0 aliphatic carbocycles. The SMILES string of the molecule is Cc1nc2c(F)cc(-c3ccnc(Nc4ccc5c(n4)CCN(CC(C)O)C5)c3)cc2n1C(C)C. The van der Waals surface area contributed by atoms with Crippen molar-refractivity contribution < 1.29 is 9.50 Å². The van der Waals surface area contributed by atoms with E-state index in [1.54, 1.807) is 6.20 Å². The lowest BCUT2D eigenvalue weighted by Gasteiger charge is -2.29. The average molecular weight is 475 g/mol. The second-order valence-electron chi connectivity index (χ2n) is 9.64. The van der Waals surface area contributed by atoms with Crippen molar-refractivity contribution in [2.45, 2.75) is 52.8 Å². The van der Waals surface area contributed by atoms with Crippen LogP contribution in [0.2, 0.25) is 0 Å². The van der Waals surface area contributed by atoms with Gasteiger partial charge in [0.1, 0.15) is 23.0 Å². The zero-order valence-corrected chi connectivity index (χ0v) is 20.6. The summed E-state index contributed by atoms with van der Waals surface area (Å²) in [5.41, 5.74) is 5.09. The van der Waals surface area contributed by atoms with Crippen molar-refractivity contribution in [2.75, 3.05) is 18.4 Å². The van der Waals surface area contributed by atoms with Crippen molar-refractivity contribution in [2.24, 2.45) is 0 Å². The van der Waals surface area contributed by atoms with E-state index in [0.29, 0.717) is 17.9 Å². The molecule has 0 fully saturated rings. The molecule has 2 N–H and O–H groups in total. The highest BCUT2D eigenvalue weighted by Crippen LogP contribution is 2.30. The average Bonchev–Trinajstić information content (AvgIpc) is 3.15. The second-order valence-corrected chi connectivity index (χ2v) is 9.64. The number of nitrogens with zero attached hydrogens (tertiary/aromatic N) is 5. The van der Waals surface area contributed by atoms with Crippen LogP contribution in [-0.2, 0) is 13.0 Å². The van der Waals surface area contributed by atoms with E-state index in [-0.39, 0.29) is 18.0 Å². The summed E-state index contributed by atoms with van der Waals surface area (Å²) in [6.45, 7) is 10.2. The fourth-order valence-corrected chi connectivity index (χ4v) is 4.97. The van der Waals surface area contributed by atoms with Gasteiger partial charge >= 0.3 is 0 Å². The van der Waals surface area contributed by atoms with E-state index in [4.69, 9.17) is 4.98 Å². The molecular weight excluding hydrogens is 443 g/mol. The number of nitrogens with one attached hydrogen (secondary N) is 1. The Hall–Kier alpha value is -3.36. The molecule has 0 amide bonds. The third-order valence-corrected chi connectivity index (χ3v) is 6.44. The number of rotatable bonds is 6. The third-order valence-electron chi connectivity index (χ3n) is 6.44. The fraction of sp³-hybridized carbons (Fsp3) is 0.370. The van der Waals surface area contributed by atoms with Crippen LogP contribution in [0.1, 0.15) is 43.9 Å². The van der Waals surface area contributed by atoms with Crippen LogP contribution in [0.15, 0.2) is 42.6 Å². The number of aliphatic hydroxyl groups excluding tert-OH is 1. The Balaban J connectivity index is 1.41. The van der Waals surface area contributed by atoms with Gasteiger partial charge in [0, 0.05) is 44.0 Å². The quantitative estimate of drug-likeness (QED) is 0.409. The van der Waals surface area contributed by atoms with Gasteiger partial charge in [0.25, 0.3) is 0 Å². The van der Waals surface area contributed by atoms with Crippen LogP contribution in [0.25, 0.3) is 22.2 Å².